The largest absolute Gasteiger partial charge is 0.503 e. The molecular formula is C25H23NO3. The van der Waals surface area contributed by atoms with Gasteiger partial charge in [-0.2, -0.15) is 0 Å². The fourth-order valence-corrected chi connectivity index (χ4v) is 3.78. The maximum absolute atomic E-state index is 13.1. The van der Waals surface area contributed by atoms with Gasteiger partial charge in [0.1, 0.15) is 5.75 Å². The number of ether oxygens (including phenoxy) is 1. The molecule has 1 aliphatic heterocycles. The molecule has 0 fully saturated rings. The molecule has 3 aromatic carbocycles. The van der Waals surface area contributed by atoms with Gasteiger partial charge in [0.2, 0.25) is 0 Å². The van der Waals surface area contributed by atoms with Crippen molar-refractivity contribution in [2.75, 3.05) is 12.0 Å². The van der Waals surface area contributed by atoms with Crippen LogP contribution >= 0.6 is 0 Å². The van der Waals surface area contributed by atoms with E-state index >= 15 is 0 Å². The van der Waals surface area contributed by atoms with Crippen LogP contribution in [0, 0.1) is 0 Å². The van der Waals surface area contributed by atoms with Crippen LogP contribution in [0.25, 0.3) is 5.57 Å². The first-order valence-electron chi connectivity index (χ1n) is 9.69. The zero-order chi connectivity index (χ0) is 20.4. The minimum atomic E-state index is -0.413. The maximum Gasteiger partial charge on any atom is 0.294 e. The Bertz CT molecular complexity index is 1040. The lowest BCUT2D eigenvalue weighted by atomic mass is 9.92. The molecule has 1 N–H and O–H groups in total. The molecule has 0 spiro atoms. The number of carbonyl (C=O) groups excluding carboxylic acids is 1. The number of amides is 1. The Hall–Kier alpha value is -3.53. The van der Waals surface area contributed by atoms with Crippen LogP contribution in [0.15, 0.2) is 84.6 Å². The van der Waals surface area contributed by atoms with E-state index in [1.807, 2.05) is 66.7 Å². The highest BCUT2D eigenvalue weighted by Gasteiger charge is 2.41. The smallest absolute Gasteiger partial charge is 0.294 e. The average molecular weight is 385 g/mol. The molecule has 0 radical (unpaired) electrons. The number of aryl methyl sites for hydroxylation is 1. The van der Waals surface area contributed by atoms with Gasteiger partial charge in [-0.05, 0) is 47.4 Å². The SMILES string of the molecule is CCc1ccc([C@@H]2C(c3ccccc3)=C(O)C(=O)N2c2ccc(OC)cc2)cc1. The Morgan fingerprint density at radius 3 is 2.17 bits per heavy atom. The Morgan fingerprint density at radius 1 is 0.931 bits per heavy atom. The molecule has 1 aliphatic rings. The van der Waals surface area contributed by atoms with Gasteiger partial charge in [-0.3, -0.25) is 9.69 Å². The molecule has 1 atom stereocenters. The van der Waals surface area contributed by atoms with Crippen molar-refractivity contribution in [1.82, 2.24) is 0 Å². The third-order valence-corrected chi connectivity index (χ3v) is 5.35. The van der Waals surface area contributed by atoms with Crippen molar-refractivity contribution in [3.8, 4) is 5.75 Å². The summed E-state index contributed by atoms with van der Waals surface area (Å²) in [5.41, 5.74) is 4.34. The highest BCUT2D eigenvalue weighted by molar-refractivity contribution is 6.16. The molecule has 4 rings (SSSR count). The predicted molar refractivity (Wildman–Crippen MR) is 115 cm³/mol. The maximum atomic E-state index is 13.1. The number of anilines is 1. The van der Waals surface area contributed by atoms with E-state index < -0.39 is 11.9 Å². The van der Waals surface area contributed by atoms with Crippen LogP contribution in [0.2, 0.25) is 0 Å². The molecule has 1 amide bonds. The highest BCUT2D eigenvalue weighted by Crippen LogP contribution is 2.45. The molecule has 0 saturated carbocycles. The third-order valence-electron chi connectivity index (χ3n) is 5.35. The van der Waals surface area contributed by atoms with Crippen LogP contribution in [-0.4, -0.2) is 18.1 Å². The molecule has 1 heterocycles. The number of aliphatic hydroxyl groups is 1. The molecule has 0 unspecified atom stereocenters. The van der Waals surface area contributed by atoms with Crippen molar-refractivity contribution < 1.29 is 14.6 Å². The summed E-state index contributed by atoms with van der Waals surface area (Å²) in [6.07, 6.45) is 0.943. The zero-order valence-corrected chi connectivity index (χ0v) is 16.5. The van der Waals surface area contributed by atoms with E-state index in [-0.39, 0.29) is 5.76 Å². The average Bonchev–Trinajstić information content (AvgIpc) is 3.05. The first kappa shape index (κ1) is 18.8. The molecule has 0 saturated heterocycles. The number of rotatable bonds is 5. The van der Waals surface area contributed by atoms with E-state index in [9.17, 15) is 9.90 Å². The molecule has 146 valence electrons. The first-order chi connectivity index (χ1) is 14.1. The van der Waals surface area contributed by atoms with Gasteiger partial charge in [0.15, 0.2) is 5.76 Å². The Labute approximate surface area is 170 Å². The van der Waals surface area contributed by atoms with E-state index in [0.29, 0.717) is 17.0 Å². The highest BCUT2D eigenvalue weighted by atomic mass is 16.5. The summed E-state index contributed by atoms with van der Waals surface area (Å²) in [6.45, 7) is 2.11. The molecular weight excluding hydrogens is 362 g/mol. The topological polar surface area (TPSA) is 49.8 Å². The lowest BCUT2D eigenvalue weighted by Crippen LogP contribution is -2.30. The van der Waals surface area contributed by atoms with Crippen LogP contribution in [-0.2, 0) is 11.2 Å². The molecule has 4 nitrogen and oxygen atoms in total. The fourth-order valence-electron chi connectivity index (χ4n) is 3.78. The van der Waals surface area contributed by atoms with E-state index in [1.165, 1.54) is 5.56 Å². The summed E-state index contributed by atoms with van der Waals surface area (Å²) in [6, 6.07) is 24.7. The van der Waals surface area contributed by atoms with Crippen molar-refractivity contribution >= 4 is 17.2 Å². The van der Waals surface area contributed by atoms with Gasteiger partial charge < -0.3 is 9.84 Å². The Morgan fingerprint density at radius 2 is 1.59 bits per heavy atom. The van der Waals surface area contributed by atoms with Gasteiger partial charge in [0.05, 0.1) is 13.2 Å². The number of hydrogen-bond donors (Lipinski definition) is 1. The van der Waals surface area contributed by atoms with Gasteiger partial charge in [0.25, 0.3) is 5.91 Å². The van der Waals surface area contributed by atoms with Crippen molar-refractivity contribution in [3.05, 3.63) is 101 Å². The van der Waals surface area contributed by atoms with Crippen LogP contribution in [0.3, 0.4) is 0 Å². The quantitative estimate of drug-likeness (QED) is 0.647. The minimum Gasteiger partial charge on any atom is -0.503 e. The summed E-state index contributed by atoms with van der Waals surface area (Å²) in [4.78, 5) is 14.8. The molecule has 0 aliphatic carbocycles. The summed E-state index contributed by atoms with van der Waals surface area (Å²) < 4.78 is 5.24. The summed E-state index contributed by atoms with van der Waals surface area (Å²) in [7, 11) is 1.61. The predicted octanol–water partition coefficient (Wildman–Crippen LogP) is 5.31. The number of hydrogen-bond acceptors (Lipinski definition) is 3. The van der Waals surface area contributed by atoms with Crippen LogP contribution in [0.4, 0.5) is 5.69 Å². The summed E-state index contributed by atoms with van der Waals surface area (Å²) >= 11 is 0. The molecule has 4 heteroatoms. The summed E-state index contributed by atoms with van der Waals surface area (Å²) in [5, 5.41) is 10.8. The lowest BCUT2D eigenvalue weighted by molar-refractivity contribution is -0.117. The van der Waals surface area contributed by atoms with Gasteiger partial charge >= 0.3 is 0 Å². The first-order valence-corrected chi connectivity index (χ1v) is 9.69. The zero-order valence-electron chi connectivity index (χ0n) is 16.5. The van der Waals surface area contributed by atoms with Gasteiger partial charge in [-0.1, -0.05) is 61.5 Å². The number of carbonyl (C=O) groups is 1. The lowest BCUT2D eigenvalue weighted by Gasteiger charge is -2.27. The fraction of sp³-hybridized carbons (Fsp3) is 0.160. The monoisotopic (exact) mass is 385 g/mol. The Balaban J connectivity index is 1.86. The number of nitrogens with zero attached hydrogens (tertiary/aromatic N) is 1. The minimum absolute atomic E-state index is 0.211. The second-order valence-corrected chi connectivity index (χ2v) is 7.00. The van der Waals surface area contributed by atoms with Crippen molar-refractivity contribution in [1.29, 1.82) is 0 Å². The molecule has 3 aromatic rings. The van der Waals surface area contributed by atoms with E-state index in [2.05, 4.69) is 19.1 Å². The van der Waals surface area contributed by atoms with Crippen LogP contribution in [0.1, 0.15) is 29.7 Å². The van der Waals surface area contributed by atoms with Gasteiger partial charge in [-0.25, -0.2) is 0 Å². The number of methoxy groups -OCH3 is 1. The molecule has 29 heavy (non-hydrogen) atoms. The van der Waals surface area contributed by atoms with Crippen molar-refractivity contribution in [3.63, 3.8) is 0 Å². The van der Waals surface area contributed by atoms with Crippen molar-refractivity contribution in [2.45, 2.75) is 19.4 Å². The van der Waals surface area contributed by atoms with E-state index in [4.69, 9.17) is 4.74 Å². The van der Waals surface area contributed by atoms with Crippen LogP contribution < -0.4 is 9.64 Å². The molecule has 0 aromatic heterocycles. The van der Waals surface area contributed by atoms with Crippen LogP contribution in [0.5, 0.6) is 5.75 Å². The number of benzene rings is 3. The van der Waals surface area contributed by atoms with Crippen molar-refractivity contribution in [2.24, 2.45) is 0 Å². The normalized spacial score (nSPS) is 16.4. The van der Waals surface area contributed by atoms with Gasteiger partial charge in [0, 0.05) is 11.3 Å². The standard InChI is InChI=1S/C25H23NO3/c1-3-17-9-11-19(12-10-17)23-22(18-7-5-4-6-8-18)24(27)25(28)26(23)20-13-15-21(29-2)16-14-20/h4-16,23,27H,3H2,1-2H3/t23-/m1/s1. The molecule has 0 bridgehead atoms. The third kappa shape index (κ3) is 3.38. The second kappa shape index (κ2) is 7.84. The summed E-state index contributed by atoms with van der Waals surface area (Å²) in [5.74, 6) is 0.0971. The second-order valence-electron chi connectivity index (χ2n) is 7.00. The Kier molecular flexibility index (Phi) is 5.09. The van der Waals surface area contributed by atoms with E-state index in [0.717, 1.165) is 17.5 Å². The van der Waals surface area contributed by atoms with E-state index in [1.54, 1.807) is 12.0 Å². The number of aliphatic hydroxyl groups excluding tert-OH is 1. The van der Waals surface area contributed by atoms with Gasteiger partial charge in [-0.15, -0.1) is 0 Å².